The van der Waals surface area contributed by atoms with E-state index < -0.39 is 0 Å². The van der Waals surface area contributed by atoms with Crippen molar-refractivity contribution in [3.63, 3.8) is 0 Å². The van der Waals surface area contributed by atoms with Crippen molar-refractivity contribution in [3.05, 3.63) is 64.4 Å². The fourth-order valence-corrected chi connectivity index (χ4v) is 2.75. The minimum atomic E-state index is -0.194. The van der Waals surface area contributed by atoms with Crippen molar-refractivity contribution in [2.45, 2.75) is 19.5 Å². The van der Waals surface area contributed by atoms with E-state index in [4.69, 9.17) is 11.6 Å². The first-order valence-corrected chi connectivity index (χ1v) is 7.33. The lowest BCUT2D eigenvalue weighted by atomic mass is 10.0. The molecule has 2 nitrogen and oxygen atoms in total. The minimum Gasteiger partial charge on any atom is -0.367 e. The molecule has 0 spiro atoms. The molecule has 0 aliphatic heterocycles. The SMILES string of the molecule is CNCc1c(F)cccc1N(C)C(C)c1ccccc1Cl. The summed E-state index contributed by atoms with van der Waals surface area (Å²) in [5, 5.41) is 3.74. The number of halogens is 2. The van der Waals surface area contributed by atoms with Gasteiger partial charge in [-0.1, -0.05) is 35.9 Å². The minimum absolute atomic E-state index is 0.0520. The number of rotatable bonds is 5. The Kier molecular flexibility index (Phi) is 5.21. The summed E-state index contributed by atoms with van der Waals surface area (Å²) in [6.45, 7) is 2.55. The summed E-state index contributed by atoms with van der Waals surface area (Å²) in [5.74, 6) is -0.194. The van der Waals surface area contributed by atoms with Crippen molar-refractivity contribution in [3.8, 4) is 0 Å². The van der Waals surface area contributed by atoms with Crippen LogP contribution in [0.3, 0.4) is 0 Å². The van der Waals surface area contributed by atoms with E-state index in [9.17, 15) is 4.39 Å². The van der Waals surface area contributed by atoms with E-state index in [1.54, 1.807) is 6.07 Å². The van der Waals surface area contributed by atoms with Crippen LogP contribution in [0.4, 0.5) is 10.1 Å². The summed E-state index contributed by atoms with van der Waals surface area (Å²) in [6, 6.07) is 13.0. The molecule has 0 saturated carbocycles. The van der Waals surface area contributed by atoms with E-state index in [1.807, 2.05) is 44.4 Å². The number of hydrogen-bond donors (Lipinski definition) is 1. The summed E-state index contributed by atoms with van der Waals surface area (Å²) in [4.78, 5) is 2.05. The summed E-state index contributed by atoms with van der Waals surface area (Å²) in [7, 11) is 3.77. The van der Waals surface area contributed by atoms with Gasteiger partial charge in [0.15, 0.2) is 0 Å². The third-order valence-electron chi connectivity index (χ3n) is 3.76. The molecule has 4 heteroatoms. The molecule has 112 valence electrons. The number of benzene rings is 2. The number of hydrogen-bond acceptors (Lipinski definition) is 2. The number of nitrogens with zero attached hydrogens (tertiary/aromatic N) is 1. The van der Waals surface area contributed by atoms with E-state index in [2.05, 4.69) is 17.1 Å². The van der Waals surface area contributed by atoms with E-state index in [0.717, 1.165) is 16.3 Å². The van der Waals surface area contributed by atoms with Gasteiger partial charge in [0.2, 0.25) is 0 Å². The van der Waals surface area contributed by atoms with Crippen LogP contribution in [0.15, 0.2) is 42.5 Å². The van der Waals surface area contributed by atoms with Crippen LogP contribution in [0.5, 0.6) is 0 Å². The van der Waals surface area contributed by atoms with Crippen LogP contribution in [0.1, 0.15) is 24.1 Å². The van der Waals surface area contributed by atoms with Crippen LogP contribution >= 0.6 is 11.6 Å². The smallest absolute Gasteiger partial charge is 0.129 e. The zero-order valence-corrected chi connectivity index (χ0v) is 13.3. The van der Waals surface area contributed by atoms with Crippen LogP contribution in [-0.2, 0) is 6.54 Å². The highest BCUT2D eigenvalue weighted by Gasteiger charge is 2.18. The molecule has 0 heterocycles. The second kappa shape index (κ2) is 6.92. The molecule has 0 aliphatic carbocycles. The Balaban J connectivity index is 2.38. The predicted octanol–water partition coefficient (Wildman–Crippen LogP) is 4.40. The maximum Gasteiger partial charge on any atom is 0.129 e. The van der Waals surface area contributed by atoms with Gasteiger partial charge in [-0.15, -0.1) is 0 Å². The summed E-state index contributed by atoms with van der Waals surface area (Å²) < 4.78 is 14.0. The molecule has 1 N–H and O–H groups in total. The molecule has 0 fully saturated rings. The molecule has 0 radical (unpaired) electrons. The van der Waals surface area contributed by atoms with Gasteiger partial charge in [-0.05, 0) is 37.7 Å². The standard InChI is InChI=1S/C17H20ClFN2/c1-12(13-7-4-5-8-15(13)18)21(3)17-10-6-9-16(19)14(17)11-20-2/h4-10,12,20H,11H2,1-3H3. The zero-order chi connectivity index (χ0) is 15.4. The Labute approximate surface area is 130 Å². The Bertz CT molecular complexity index is 615. The molecule has 0 saturated heterocycles. The summed E-state index contributed by atoms with van der Waals surface area (Å²) in [5.41, 5.74) is 2.57. The lowest BCUT2D eigenvalue weighted by Crippen LogP contribution is -2.24. The van der Waals surface area contributed by atoms with Crippen molar-refractivity contribution in [2.24, 2.45) is 0 Å². The average molecular weight is 307 g/mol. The van der Waals surface area contributed by atoms with Crippen LogP contribution in [-0.4, -0.2) is 14.1 Å². The average Bonchev–Trinajstić information content (AvgIpc) is 2.48. The molecule has 2 rings (SSSR count). The fraction of sp³-hybridized carbons (Fsp3) is 0.294. The van der Waals surface area contributed by atoms with Gasteiger partial charge in [-0.3, -0.25) is 0 Å². The van der Waals surface area contributed by atoms with E-state index in [-0.39, 0.29) is 11.9 Å². The van der Waals surface area contributed by atoms with Crippen molar-refractivity contribution < 1.29 is 4.39 Å². The van der Waals surface area contributed by atoms with E-state index >= 15 is 0 Å². The summed E-state index contributed by atoms with van der Waals surface area (Å²) in [6.07, 6.45) is 0. The number of anilines is 1. The van der Waals surface area contributed by atoms with Gasteiger partial charge in [0.25, 0.3) is 0 Å². The Morgan fingerprint density at radius 2 is 1.90 bits per heavy atom. The van der Waals surface area contributed by atoms with Crippen molar-refractivity contribution in [1.82, 2.24) is 5.32 Å². The first-order chi connectivity index (χ1) is 10.1. The first kappa shape index (κ1) is 15.8. The molecule has 0 amide bonds. The monoisotopic (exact) mass is 306 g/mol. The van der Waals surface area contributed by atoms with Gasteiger partial charge in [0.1, 0.15) is 5.82 Å². The van der Waals surface area contributed by atoms with Gasteiger partial charge in [-0.2, -0.15) is 0 Å². The van der Waals surface area contributed by atoms with Crippen LogP contribution in [0, 0.1) is 5.82 Å². The van der Waals surface area contributed by atoms with Gasteiger partial charge < -0.3 is 10.2 Å². The summed E-state index contributed by atoms with van der Waals surface area (Å²) >= 11 is 6.27. The zero-order valence-electron chi connectivity index (χ0n) is 12.5. The van der Waals surface area contributed by atoms with Gasteiger partial charge in [-0.25, -0.2) is 4.39 Å². The van der Waals surface area contributed by atoms with Gasteiger partial charge >= 0.3 is 0 Å². The number of nitrogens with one attached hydrogen (secondary N) is 1. The largest absolute Gasteiger partial charge is 0.367 e. The molecule has 2 aromatic carbocycles. The Morgan fingerprint density at radius 1 is 1.19 bits per heavy atom. The van der Waals surface area contributed by atoms with Gasteiger partial charge in [0.05, 0.1) is 6.04 Å². The van der Waals surface area contributed by atoms with Crippen molar-refractivity contribution in [2.75, 3.05) is 19.0 Å². The Morgan fingerprint density at radius 3 is 2.57 bits per heavy atom. The van der Waals surface area contributed by atoms with Crippen molar-refractivity contribution >= 4 is 17.3 Å². The molecule has 1 unspecified atom stereocenters. The Hall–Kier alpha value is -1.58. The molecular weight excluding hydrogens is 287 g/mol. The van der Waals surface area contributed by atoms with Crippen molar-refractivity contribution in [1.29, 1.82) is 0 Å². The molecule has 0 aliphatic rings. The highest BCUT2D eigenvalue weighted by Crippen LogP contribution is 2.32. The maximum absolute atomic E-state index is 14.0. The second-order valence-corrected chi connectivity index (χ2v) is 5.48. The molecule has 1 atom stereocenters. The second-order valence-electron chi connectivity index (χ2n) is 5.08. The molecule has 21 heavy (non-hydrogen) atoms. The van der Waals surface area contributed by atoms with E-state index in [1.165, 1.54) is 6.07 Å². The molecule has 2 aromatic rings. The normalized spacial score (nSPS) is 12.2. The van der Waals surface area contributed by atoms with Crippen LogP contribution < -0.4 is 10.2 Å². The quantitative estimate of drug-likeness (QED) is 0.881. The molecule has 0 aromatic heterocycles. The highest BCUT2D eigenvalue weighted by molar-refractivity contribution is 6.31. The fourth-order valence-electron chi connectivity index (χ4n) is 2.46. The molecular formula is C17H20ClFN2. The lowest BCUT2D eigenvalue weighted by molar-refractivity contribution is 0.597. The van der Waals surface area contributed by atoms with Crippen LogP contribution in [0.2, 0.25) is 5.02 Å². The maximum atomic E-state index is 14.0. The third-order valence-corrected chi connectivity index (χ3v) is 4.11. The molecule has 0 bridgehead atoms. The highest BCUT2D eigenvalue weighted by atomic mass is 35.5. The predicted molar refractivity (Wildman–Crippen MR) is 87.4 cm³/mol. The van der Waals surface area contributed by atoms with Crippen LogP contribution in [0.25, 0.3) is 0 Å². The van der Waals surface area contributed by atoms with E-state index in [0.29, 0.717) is 12.1 Å². The lowest BCUT2D eigenvalue weighted by Gasteiger charge is -2.30. The third kappa shape index (κ3) is 3.36. The van der Waals surface area contributed by atoms with Gasteiger partial charge in [0, 0.05) is 29.9 Å². The topological polar surface area (TPSA) is 15.3 Å². The first-order valence-electron chi connectivity index (χ1n) is 6.95.